The molecule has 0 aliphatic carbocycles. The van der Waals surface area contributed by atoms with E-state index < -0.39 is 0 Å². The van der Waals surface area contributed by atoms with Crippen LogP contribution < -0.4 is 11.1 Å². The third kappa shape index (κ3) is 2.86. The summed E-state index contributed by atoms with van der Waals surface area (Å²) in [4.78, 5) is 4.13. The zero-order chi connectivity index (χ0) is 9.68. The van der Waals surface area contributed by atoms with Gasteiger partial charge in [-0.05, 0) is 18.1 Å². The minimum absolute atomic E-state index is 0.447. The molecule has 4 heteroatoms. The summed E-state index contributed by atoms with van der Waals surface area (Å²) in [7, 11) is 0. The molecule has 0 spiro atoms. The van der Waals surface area contributed by atoms with Crippen molar-refractivity contribution < 1.29 is 0 Å². The fraction of sp³-hybridized carbons (Fsp3) is 0.444. The van der Waals surface area contributed by atoms with Gasteiger partial charge in [-0.1, -0.05) is 18.5 Å². The normalized spacial score (nSPS) is 10.1. The molecule has 0 fully saturated rings. The van der Waals surface area contributed by atoms with Gasteiger partial charge in [0.1, 0.15) is 5.82 Å². The Bertz CT molecular complexity index is 276. The van der Waals surface area contributed by atoms with Crippen LogP contribution in [0.2, 0.25) is 5.02 Å². The second-order valence-corrected chi connectivity index (χ2v) is 3.20. The molecule has 0 aromatic carbocycles. The van der Waals surface area contributed by atoms with Crippen molar-refractivity contribution in [3.63, 3.8) is 0 Å². The molecule has 13 heavy (non-hydrogen) atoms. The largest absolute Gasteiger partial charge is 0.370 e. The van der Waals surface area contributed by atoms with Gasteiger partial charge in [0.2, 0.25) is 0 Å². The molecule has 3 N–H and O–H groups in total. The predicted molar refractivity (Wildman–Crippen MR) is 55.9 cm³/mol. The van der Waals surface area contributed by atoms with Crippen LogP contribution in [0.5, 0.6) is 0 Å². The zero-order valence-electron chi connectivity index (χ0n) is 7.68. The summed E-state index contributed by atoms with van der Waals surface area (Å²) >= 11 is 5.86. The Morgan fingerprint density at radius 3 is 3.00 bits per heavy atom. The Hall–Kier alpha value is -0.800. The third-order valence-corrected chi connectivity index (χ3v) is 2.05. The third-order valence-electron chi connectivity index (χ3n) is 1.71. The van der Waals surface area contributed by atoms with Gasteiger partial charge in [0, 0.05) is 19.3 Å². The van der Waals surface area contributed by atoms with Crippen LogP contribution in [0.1, 0.15) is 18.9 Å². The lowest BCUT2D eigenvalue weighted by Gasteiger charge is -2.06. The molecule has 1 heterocycles. The Morgan fingerprint density at radius 1 is 1.62 bits per heavy atom. The summed E-state index contributed by atoms with van der Waals surface area (Å²) in [5.41, 5.74) is 6.43. The summed E-state index contributed by atoms with van der Waals surface area (Å²) in [5.74, 6) is 0.840. The molecule has 0 saturated heterocycles. The van der Waals surface area contributed by atoms with Crippen LogP contribution in [-0.2, 0) is 6.54 Å². The van der Waals surface area contributed by atoms with Crippen molar-refractivity contribution >= 4 is 17.4 Å². The van der Waals surface area contributed by atoms with Crippen LogP contribution in [-0.4, -0.2) is 11.5 Å². The first kappa shape index (κ1) is 10.3. The van der Waals surface area contributed by atoms with Crippen molar-refractivity contribution in [2.45, 2.75) is 19.9 Å². The Balaban J connectivity index is 2.74. The molecule has 72 valence electrons. The predicted octanol–water partition coefficient (Wildman–Crippen LogP) is 2.02. The van der Waals surface area contributed by atoms with Crippen molar-refractivity contribution in [2.24, 2.45) is 5.73 Å². The van der Waals surface area contributed by atoms with E-state index in [1.807, 2.05) is 6.07 Å². The number of nitrogens with zero attached hydrogens (tertiary/aromatic N) is 1. The molecule has 0 unspecified atom stereocenters. The van der Waals surface area contributed by atoms with Crippen LogP contribution in [0.4, 0.5) is 5.82 Å². The second-order valence-electron chi connectivity index (χ2n) is 2.79. The molecule has 0 aliphatic heterocycles. The SMILES string of the molecule is CCCNc1cc(CN)c(Cl)cn1. The van der Waals surface area contributed by atoms with E-state index >= 15 is 0 Å². The topological polar surface area (TPSA) is 50.9 Å². The first-order valence-electron chi connectivity index (χ1n) is 4.36. The molecule has 1 aromatic rings. The standard InChI is InChI=1S/C9H14ClN3/c1-2-3-12-9-4-7(5-11)8(10)6-13-9/h4,6H,2-3,5,11H2,1H3,(H,12,13). The van der Waals surface area contributed by atoms with Crippen LogP contribution >= 0.6 is 11.6 Å². The van der Waals surface area contributed by atoms with Crippen molar-refractivity contribution in [3.05, 3.63) is 22.8 Å². The van der Waals surface area contributed by atoms with Crippen molar-refractivity contribution in [3.8, 4) is 0 Å². The molecular formula is C9H14ClN3. The van der Waals surface area contributed by atoms with Gasteiger partial charge < -0.3 is 11.1 Å². The molecule has 1 rings (SSSR count). The molecule has 0 amide bonds. The molecular weight excluding hydrogens is 186 g/mol. The van der Waals surface area contributed by atoms with Crippen LogP contribution in [0.15, 0.2) is 12.3 Å². The molecule has 0 saturated carbocycles. The summed E-state index contributed by atoms with van der Waals surface area (Å²) in [6.07, 6.45) is 2.70. The molecule has 0 radical (unpaired) electrons. The number of aromatic nitrogens is 1. The highest BCUT2D eigenvalue weighted by Gasteiger charge is 2.00. The van der Waals surface area contributed by atoms with Gasteiger partial charge in [-0.15, -0.1) is 0 Å². The molecule has 0 aliphatic rings. The highest BCUT2D eigenvalue weighted by molar-refractivity contribution is 6.31. The van der Waals surface area contributed by atoms with E-state index in [-0.39, 0.29) is 0 Å². The average Bonchev–Trinajstić information content (AvgIpc) is 2.16. The molecule has 3 nitrogen and oxygen atoms in total. The van der Waals surface area contributed by atoms with Crippen LogP contribution in [0, 0.1) is 0 Å². The van der Waals surface area contributed by atoms with Gasteiger partial charge >= 0.3 is 0 Å². The molecule has 0 bridgehead atoms. The fourth-order valence-corrected chi connectivity index (χ4v) is 1.17. The fourth-order valence-electron chi connectivity index (χ4n) is 0.987. The number of nitrogens with two attached hydrogens (primary N) is 1. The highest BCUT2D eigenvalue weighted by Crippen LogP contribution is 2.16. The van der Waals surface area contributed by atoms with Crippen molar-refractivity contribution in [2.75, 3.05) is 11.9 Å². The van der Waals surface area contributed by atoms with Gasteiger partial charge in [0.15, 0.2) is 0 Å². The van der Waals surface area contributed by atoms with Gasteiger partial charge in [-0.2, -0.15) is 0 Å². The zero-order valence-corrected chi connectivity index (χ0v) is 8.43. The Morgan fingerprint density at radius 2 is 2.38 bits per heavy atom. The van der Waals surface area contributed by atoms with Crippen LogP contribution in [0.25, 0.3) is 0 Å². The number of anilines is 1. The minimum Gasteiger partial charge on any atom is -0.370 e. The monoisotopic (exact) mass is 199 g/mol. The maximum absolute atomic E-state index is 5.86. The van der Waals surface area contributed by atoms with E-state index in [1.54, 1.807) is 6.20 Å². The lowest BCUT2D eigenvalue weighted by Crippen LogP contribution is -2.04. The average molecular weight is 200 g/mol. The van der Waals surface area contributed by atoms with E-state index in [4.69, 9.17) is 17.3 Å². The number of hydrogen-bond donors (Lipinski definition) is 2. The van der Waals surface area contributed by atoms with Gasteiger partial charge in [0.25, 0.3) is 0 Å². The maximum atomic E-state index is 5.86. The van der Waals surface area contributed by atoms with Crippen molar-refractivity contribution in [1.82, 2.24) is 4.98 Å². The summed E-state index contributed by atoms with van der Waals surface area (Å²) < 4.78 is 0. The van der Waals surface area contributed by atoms with E-state index in [9.17, 15) is 0 Å². The Kier molecular flexibility index (Phi) is 3.99. The highest BCUT2D eigenvalue weighted by atomic mass is 35.5. The number of pyridine rings is 1. The number of rotatable bonds is 4. The quantitative estimate of drug-likeness (QED) is 0.780. The van der Waals surface area contributed by atoms with Crippen LogP contribution in [0.3, 0.4) is 0 Å². The van der Waals surface area contributed by atoms with E-state index in [1.165, 1.54) is 0 Å². The number of nitrogens with one attached hydrogen (secondary N) is 1. The molecule has 1 aromatic heterocycles. The number of hydrogen-bond acceptors (Lipinski definition) is 3. The summed E-state index contributed by atoms with van der Waals surface area (Å²) in [5, 5.41) is 3.80. The van der Waals surface area contributed by atoms with Crippen molar-refractivity contribution in [1.29, 1.82) is 0 Å². The maximum Gasteiger partial charge on any atom is 0.126 e. The van der Waals surface area contributed by atoms with Gasteiger partial charge in [-0.3, -0.25) is 0 Å². The smallest absolute Gasteiger partial charge is 0.126 e. The van der Waals surface area contributed by atoms with Gasteiger partial charge in [0.05, 0.1) is 5.02 Å². The van der Waals surface area contributed by atoms with E-state index in [2.05, 4.69) is 17.2 Å². The van der Waals surface area contributed by atoms with E-state index in [0.29, 0.717) is 11.6 Å². The number of halogens is 1. The molecule has 0 atom stereocenters. The summed E-state index contributed by atoms with van der Waals surface area (Å²) in [6.45, 7) is 3.47. The summed E-state index contributed by atoms with van der Waals surface area (Å²) in [6, 6.07) is 1.89. The first-order chi connectivity index (χ1) is 6.27. The van der Waals surface area contributed by atoms with E-state index in [0.717, 1.165) is 24.3 Å². The second kappa shape index (κ2) is 5.04. The lowest BCUT2D eigenvalue weighted by atomic mass is 10.2. The van der Waals surface area contributed by atoms with Gasteiger partial charge in [-0.25, -0.2) is 4.98 Å². The minimum atomic E-state index is 0.447. The lowest BCUT2D eigenvalue weighted by molar-refractivity contribution is 0.964. The Labute approximate surface area is 83.3 Å². The first-order valence-corrected chi connectivity index (χ1v) is 4.74.